The Balaban J connectivity index is 1.56. The molecule has 2 amide bonds. The summed E-state index contributed by atoms with van der Waals surface area (Å²) in [5, 5.41) is 2.52. The van der Waals surface area contributed by atoms with E-state index in [-0.39, 0.29) is 24.9 Å². The topological polar surface area (TPSA) is 71.5 Å². The summed E-state index contributed by atoms with van der Waals surface area (Å²) in [6, 6.07) is 13.5. The van der Waals surface area contributed by atoms with Gasteiger partial charge in [0, 0.05) is 0 Å². The third-order valence-electron chi connectivity index (χ3n) is 3.52. The minimum absolute atomic E-state index is 0.0527. The fourth-order valence-electron chi connectivity index (χ4n) is 2.27. The summed E-state index contributed by atoms with van der Waals surface area (Å²) in [6.45, 7) is 0.932. The van der Waals surface area contributed by atoms with Crippen molar-refractivity contribution in [3.05, 3.63) is 59.9 Å². The van der Waals surface area contributed by atoms with Crippen molar-refractivity contribution in [3.63, 3.8) is 0 Å². The van der Waals surface area contributed by atoms with Crippen molar-refractivity contribution >= 4 is 11.8 Å². The Labute approximate surface area is 134 Å². The largest absolute Gasteiger partial charge is 0.487 e. The molecule has 0 bridgehead atoms. The number of rotatable bonds is 5. The number of carbonyl (C=O) groups is 2. The summed E-state index contributed by atoms with van der Waals surface area (Å²) < 4.78 is 5.67. The summed E-state index contributed by atoms with van der Waals surface area (Å²) in [5.41, 5.74) is 1.81. The number of nitrogens with zero attached hydrogens (tertiary/aromatic N) is 2. The molecule has 2 aromatic rings. The first-order chi connectivity index (χ1) is 11.2. The van der Waals surface area contributed by atoms with E-state index >= 15 is 0 Å². The van der Waals surface area contributed by atoms with Crippen molar-refractivity contribution in [2.75, 3.05) is 13.1 Å². The molecule has 2 heterocycles. The third-order valence-corrected chi connectivity index (χ3v) is 3.52. The maximum Gasteiger partial charge on any atom is 0.242 e. The summed E-state index contributed by atoms with van der Waals surface area (Å²) >= 11 is 0. The SMILES string of the molecule is O=C1CN(Cc2ccc(OCc3ccccc3)cn2)C(=O)CN1. The van der Waals surface area contributed by atoms with Crippen molar-refractivity contribution in [1.29, 1.82) is 0 Å². The molecule has 0 atom stereocenters. The number of amides is 2. The van der Waals surface area contributed by atoms with E-state index in [1.165, 1.54) is 4.90 Å². The number of benzene rings is 1. The molecule has 1 aliphatic rings. The molecule has 0 saturated carbocycles. The van der Waals surface area contributed by atoms with Crippen LogP contribution in [0, 0.1) is 0 Å². The summed E-state index contributed by atoms with van der Waals surface area (Å²) in [6.07, 6.45) is 1.63. The predicted octanol–water partition coefficient (Wildman–Crippen LogP) is 1.12. The average molecular weight is 311 g/mol. The summed E-state index contributed by atoms with van der Waals surface area (Å²) in [4.78, 5) is 28.9. The molecule has 0 radical (unpaired) electrons. The molecule has 1 aliphatic heterocycles. The fraction of sp³-hybridized carbons (Fsp3) is 0.235. The summed E-state index contributed by atoms with van der Waals surface area (Å²) in [7, 11) is 0. The fourth-order valence-corrected chi connectivity index (χ4v) is 2.27. The molecule has 0 spiro atoms. The Morgan fingerprint density at radius 3 is 2.70 bits per heavy atom. The average Bonchev–Trinajstić information content (AvgIpc) is 2.58. The number of carbonyl (C=O) groups excluding carboxylic acids is 2. The van der Waals surface area contributed by atoms with Crippen LogP contribution in [0.3, 0.4) is 0 Å². The number of pyridine rings is 1. The minimum Gasteiger partial charge on any atom is -0.487 e. The van der Waals surface area contributed by atoms with Gasteiger partial charge in [-0.1, -0.05) is 30.3 Å². The van der Waals surface area contributed by atoms with Gasteiger partial charge in [-0.25, -0.2) is 0 Å². The first-order valence-corrected chi connectivity index (χ1v) is 7.37. The standard InChI is InChI=1S/C17H17N3O3/c21-16-11-20(17(22)9-19-16)10-14-6-7-15(8-18-14)23-12-13-4-2-1-3-5-13/h1-8H,9-12H2,(H,19,21). The Bertz CT molecular complexity index is 686. The van der Waals surface area contributed by atoms with Crippen LogP contribution < -0.4 is 10.1 Å². The number of hydrogen-bond donors (Lipinski definition) is 1. The first kappa shape index (κ1) is 15.0. The lowest BCUT2D eigenvalue weighted by atomic mass is 10.2. The highest BCUT2D eigenvalue weighted by molar-refractivity contribution is 5.92. The molecule has 1 N–H and O–H groups in total. The minimum atomic E-state index is -0.146. The molecule has 1 aromatic heterocycles. The van der Waals surface area contributed by atoms with E-state index in [9.17, 15) is 9.59 Å². The quantitative estimate of drug-likeness (QED) is 0.898. The van der Waals surface area contributed by atoms with Gasteiger partial charge in [-0.05, 0) is 17.7 Å². The zero-order valence-electron chi connectivity index (χ0n) is 12.6. The molecule has 0 aliphatic carbocycles. The monoisotopic (exact) mass is 311 g/mol. The van der Waals surface area contributed by atoms with E-state index in [0.29, 0.717) is 18.9 Å². The molecule has 0 unspecified atom stereocenters. The smallest absolute Gasteiger partial charge is 0.242 e. The lowest BCUT2D eigenvalue weighted by Gasteiger charge is -2.26. The molecule has 6 heteroatoms. The summed E-state index contributed by atoms with van der Waals surface area (Å²) in [5.74, 6) is 0.420. The Morgan fingerprint density at radius 1 is 1.13 bits per heavy atom. The molecule has 1 aromatic carbocycles. The zero-order chi connectivity index (χ0) is 16.1. The van der Waals surface area contributed by atoms with E-state index < -0.39 is 0 Å². The maximum absolute atomic E-state index is 11.7. The second-order valence-electron chi connectivity index (χ2n) is 5.29. The van der Waals surface area contributed by atoms with Crippen LogP contribution in [0.1, 0.15) is 11.3 Å². The second kappa shape index (κ2) is 6.91. The van der Waals surface area contributed by atoms with Crippen LogP contribution in [0.25, 0.3) is 0 Å². The highest BCUT2D eigenvalue weighted by Crippen LogP contribution is 2.13. The van der Waals surface area contributed by atoms with Crippen LogP contribution in [0.2, 0.25) is 0 Å². The van der Waals surface area contributed by atoms with Gasteiger partial charge in [-0.15, -0.1) is 0 Å². The van der Waals surface area contributed by atoms with Gasteiger partial charge < -0.3 is 15.0 Å². The Kier molecular flexibility index (Phi) is 4.52. The number of aromatic nitrogens is 1. The lowest BCUT2D eigenvalue weighted by molar-refractivity contribution is -0.141. The highest BCUT2D eigenvalue weighted by atomic mass is 16.5. The normalized spacial score (nSPS) is 14.5. The number of ether oxygens (including phenoxy) is 1. The van der Waals surface area contributed by atoms with E-state index in [1.54, 1.807) is 12.3 Å². The van der Waals surface area contributed by atoms with Gasteiger partial charge >= 0.3 is 0 Å². The maximum atomic E-state index is 11.7. The van der Waals surface area contributed by atoms with Gasteiger partial charge in [0.1, 0.15) is 12.4 Å². The van der Waals surface area contributed by atoms with Crippen LogP contribution in [-0.4, -0.2) is 34.8 Å². The van der Waals surface area contributed by atoms with E-state index in [1.807, 2.05) is 36.4 Å². The van der Waals surface area contributed by atoms with Crippen LogP contribution in [-0.2, 0) is 22.7 Å². The molecule has 23 heavy (non-hydrogen) atoms. The van der Waals surface area contributed by atoms with Gasteiger partial charge in [-0.3, -0.25) is 14.6 Å². The molecule has 1 fully saturated rings. The number of nitrogens with one attached hydrogen (secondary N) is 1. The van der Waals surface area contributed by atoms with Gasteiger partial charge in [0.15, 0.2) is 0 Å². The van der Waals surface area contributed by atoms with E-state index in [4.69, 9.17) is 4.74 Å². The highest BCUT2D eigenvalue weighted by Gasteiger charge is 2.23. The van der Waals surface area contributed by atoms with Crippen molar-refractivity contribution in [2.45, 2.75) is 13.2 Å². The van der Waals surface area contributed by atoms with Crippen molar-refractivity contribution < 1.29 is 14.3 Å². The van der Waals surface area contributed by atoms with Crippen molar-refractivity contribution in [3.8, 4) is 5.75 Å². The van der Waals surface area contributed by atoms with Gasteiger partial charge in [0.2, 0.25) is 11.8 Å². The van der Waals surface area contributed by atoms with Crippen molar-refractivity contribution in [1.82, 2.24) is 15.2 Å². The van der Waals surface area contributed by atoms with Crippen molar-refractivity contribution in [2.24, 2.45) is 0 Å². The van der Waals surface area contributed by atoms with Crippen LogP contribution in [0.5, 0.6) is 5.75 Å². The molecular weight excluding hydrogens is 294 g/mol. The van der Waals surface area contributed by atoms with E-state index in [2.05, 4.69) is 10.3 Å². The van der Waals surface area contributed by atoms with Crippen LogP contribution >= 0.6 is 0 Å². The number of hydrogen-bond acceptors (Lipinski definition) is 4. The Hall–Kier alpha value is -2.89. The zero-order valence-corrected chi connectivity index (χ0v) is 12.6. The molecular formula is C17H17N3O3. The van der Waals surface area contributed by atoms with E-state index in [0.717, 1.165) is 11.3 Å². The predicted molar refractivity (Wildman–Crippen MR) is 83.4 cm³/mol. The molecule has 118 valence electrons. The van der Waals surface area contributed by atoms with Gasteiger partial charge in [0.25, 0.3) is 0 Å². The van der Waals surface area contributed by atoms with Gasteiger partial charge in [-0.2, -0.15) is 0 Å². The first-order valence-electron chi connectivity index (χ1n) is 7.37. The Morgan fingerprint density at radius 2 is 1.96 bits per heavy atom. The van der Waals surface area contributed by atoms with Gasteiger partial charge in [0.05, 0.1) is 31.5 Å². The third kappa shape index (κ3) is 4.06. The number of piperazine rings is 1. The van der Waals surface area contributed by atoms with Crippen LogP contribution in [0.15, 0.2) is 48.7 Å². The molecule has 6 nitrogen and oxygen atoms in total. The van der Waals surface area contributed by atoms with Crippen LogP contribution in [0.4, 0.5) is 0 Å². The molecule has 1 saturated heterocycles. The molecule has 3 rings (SSSR count). The second-order valence-corrected chi connectivity index (χ2v) is 5.29. The lowest BCUT2D eigenvalue weighted by Crippen LogP contribution is -2.51.